The van der Waals surface area contributed by atoms with Crippen LogP contribution in [0.1, 0.15) is 11.1 Å². The molecule has 1 aromatic rings. The Labute approximate surface area is 147 Å². The van der Waals surface area contributed by atoms with Crippen molar-refractivity contribution in [3.63, 3.8) is 0 Å². The highest BCUT2D eigenvalue weighted by Gasteiger charge is 2.37. The van der Waals surface area contributed by atoms with Crippen LogP contribution < -0.4 is 15.5 Å². The molecular weight excluding hydrogens is 355 g/mol. The molecule has 1 aromatic carbocycles. The Morgan fingerprint density at radius 3 is 2.50 bits per heavy atom. The minimum absolute atomic E-state index is 0.256. The van der Waals surface area contributed by atoms with Crippen LogP contribution in [-0.4, -0.2) is 50.3 Å². The van der Waals surface area contributed by atoms with E-state index in [9.17, 15) is 27.6 Å². The summed E-state index contributed by atoms with van der Waals surface area (Å²) in [7, 11) is 1.24. The van der Waals surface area contributed by atoms with Crippen LogP contribution in [0.5, 0.6) is 0 Å². The summed E-state index contributed by atoms with van der Waals surface area (Å²) in [5, 5.41) is 3.39. The van der Waals surface area contributed by atoms with Crippen LogP contribution in [0.2, 0.25) is 0 Å². The van der Waals surface area contributed by atoms with E-state index in [1.807, 2.05) is 29.6 Å². The van der Waals surface area contributed by atoms with Crippen LogP contribution in [0.4, 0.5) is 18.0 Å². The average molecular weight is 374 g/mol. The first-order chi connectivity index (χ1) is 12.2. The van der Waals surface area contributed by atoms with Crippen LogP contribution >= 0.6 is 0 Å². The normalized spacial score (nSPS) is 19.2. The van der Waals surface area contributed by atoms with Crippen LogP contribution in [0.3, 0.4) is 0 Å². The van der Waals surface area contributed by atoms with E-state index in [4.69, 9.17) is 4.74 Å². The zero-order valence-electron chi connectivity index (χ0n) is 14.0. The second-order valence-electron chi connectivity index (χ2n) is 5.91. The molecule has 1 aliphatic rings. The number of halogens is 3. The summed E-state index contributed by atoms with van der Waals surface area (Å²) in [6.07, 6.45) is -4.20. The number of alkyl halides is 3. The number of hydrogen-bond acceptors (Lipinski definition) is 4. The van der Waals surface area contributed by atoms with Crippen molar-refractivity contribution in [2.45, 2.75) is 25.2 Å². The number of amides is 3. The Kier molecular flexibility index (Phi) is 6.19. The minimum atomic E-state index is -4.57. The molecule has 0 aliphatic carbocycles. The van der Waals surface area contributed by atoms with Crippen LogP contribution in [0.15, 0.2) is 24.3 Å². The highest BCUT2D eigenvalue weighted by Crippen LogP contribution is 2.14. The summed E-state index contributed by atoms with van der Waals surface area (Å²) in [6.45, 7) is -1.44. The first kappa shape index (κ1) is 19.7. The number of imide groups is 1. The number of nitrogens with one attached hydrogen (secondary N) is 3. The first-order valence-corrected chi connectivity index (χ1v) is 7.83. The van der Waals surface area contributed by atoms with Gasteiger partial charge in [-0.1, -0.05) is 24.3 Å². The number of fused-ring (bicyclic) bond motifs is 1. The number of benzene rings is 1. The molecule has 0 saturated carbocycles. The lowest BCUT2D eigenvalue weighted by atomic mass is 9.94. The van der Waals surface area contributed by atoms with E-state index in [0.717, 1.165) is 11.1 Å². The van der Waals surface area contributed by atoms with Gasteiger partial charge in [0.1, 0.15) is 13.1 Å². The number of urea groups is 1. The van der Waals surface area contributed by atoms with Gasteiger partial charge in [0.05, 0.1) is 7.11 Å². The van der Waals surface area contributed by atoms with Crippen LogP contribution in [0, 0.1) is 0 Å². The molecule has 10 heteroatoms. The summed E-state index contributed by atoms with van der Waals surface area (Å²) >= 11 is 0. The van der Waals surface area contributed by atoms with Gasteiger partial charge in [-0.15, -0.1) is 0 Å². The van der Waals surface area contributed by atoms with E-state index in [0.29, 0.717) is 17.9 Å². The van der Waals surface area contributed by atoms with Gasteiger partial charge in [0.15, 0.2) is 12.6 Å². The summed E-state index contributed by atoms with van der Waals surface area (Å²) in [4.78, 5) is 35.9. The van der Waals surface area contributed by atoms with Gasteiger partial charge in [0.25, 0.3) is 5.91 Å². The van der Waals surface area contributed by atoms with Crippen molar-refractivity contribution in [3.05, 3.63) is 35.4 Å². The third kappa shape index (κ3) is 5.45. The van der Waals surface area contributed by atoms with Gasteiger partial charge in [-0.25, -0.2) is 9.59 Å². The molecule has 26 heavy (non-hydrogen) atoms. The van der Waals surface area contributed by atoms with Gasteiger partial charge >= 0.3 is 18.2 Å². The van der Waals surface area contributed by atoms with Crippen LogP contribution in [0.25, 0.3) is 0 Å². The van der Waals surface area contributed by atoms with Gasteiger partial charge in [0.2, 0.25) is 0 Å². The SMILES string of the molecule is COC(=O)[C@@H]1Cc2ccccc2C[NH+]1CC(=O)NC(=O)NCC(F)(F)F. The maximum atomic E-state index is 12.1. The fraction of sp³-hybridized carbons (Fsp3) is 0.438. The number of ether oxygens (including phenoxy) is 1. The van der Waals surface area contributed by atoms with E-state index in [-0.39, 0.29) is 6.54 Å². The molecule has 0 saturated heterocycles. The molecule has 1 aliphatic heterocycles. The minimum Gasteiger partial charge on any atom is -0.465 e. The number of esters is 1. The largest absolute Gasteiger partial charge is 0.465 e. The molecule has 0 bridgehead atoms. The molecule has 2 atom stereocenters. The van der Waals surface area contributed by atoms with E-state index in [2.05, 4.69) is 0 Å². The second kappa shape index (κ2) is 8.17. The van der Waals surface area contributed by atoms with Crippen molar-refractivity contribution >= 4 is 17.9 Å². The Balaban J connectivity index is 2.00. The predicted octanol–water partition coefficient (Wildman–Crippen LogP) is -0.443. The molecule has 3 amide bonds. The fourth-order valence-corrected chi connectivity index (χ4v) is 2.84. The summed E-state index contributed by atoms with van der Waals surface area (Å²) < 4.78 is 41.0. The van der Waals surface area contributed by atoms with Crippen LogP contribution in [-0.2, 0) is 27.3 Å². The number of quaternary nitrogens is 1. The lowest BCUT2D eigenvalue weighted by Gasteiger charge is -2.31. The predicted molar refractivity (Wildman–Crippen MR) is 83.1 cm³/mol. The maximum Gasteiger partial charge on any atom is 0.405 e. The van der Waals surface area contributed by atoms with E-state index < -0.39 is 36.7 Å². The molecule has 1 heterocycles. The van der Waals surface area contributed by atoms with Crippen molar-refractivity contribution < 1.29 is 37.2 Å². The number of rotatable bonds is 4. The van der Waals surface area contributed by atoms with Gasteiger partial charge in [-0.3, -0.25) is 10.1 Å². The van der Waals surface area contributed by atoms with Gasteiger partial charge < -0.3 is 15.0 Å². The van der Waals surface area contributed by atoms with Crippen molar-refractivity contribution in [1.82, 2.24) is 10.6 Å². The number of carbonyl (C=O) groups excluding carboxylic acids is 3. The molecule has 0 fully saturated rings. The third-order valence-corrected chi connectivity index (χ3v) is 4.03. The molecule has 0 aromatic heterocycles. The monoisotopic (exact) mass is 374 g/mol. The Hall–Kier alpha value is -2.62. The first-order valence-electron chi connectivity index (χ1n) is 7.83. The highest BCUT2D eigenvalue weighted by atomic mass is 19.4. The second-order valence-corrected chi connectivity index (χ2v) is 5.91. The summed E-state index contributed by atoms with van der Waals surface area (Å²) in [6, 6.07) is 5.55. The van der Waals surface area contributed by atoms with E-state index in [1.165, 1.54) is 7.11 Å². The topological polar surface area (TPSA) is 88.9 Å². The van der Waals surface area contributed by atoms with Crippen molar-refractivity contribution in [2.75, 3.05) is 20.2 Å². The maximum absolute atomic E-state index is 12.1. The van der Waals surface area contributed by atoms with E-state index in [1.54, 1.807) is 5.32 Å². The summed E-state index contributed by atoms with van der Waals surface area (Å²) in [5.41, 5.74) is 1.92. The molecule has 2 rings (SSSR count). The smallest absolute Gasteiger partial charge is 0.405 e. The molecule has 0 radical (unpaired) electrons. The zero-order chi connectivity index (χ0) is 19.3. The molecule has 1 unspecified atom stereocenters. The molecule has 7 nitrogen and oxygen atoms in total. The van der Waals surface area contributed by atoms with Crippen molar-refractivity contribution in [1.29, 1.82) is 0 Å². The average Bonchev–Trinajstić information content (AvgIpc) is 2.58. The lowest BCUT2D eigenvalue weighted by Crippen LogP contribution is -3.17. The Morgan fingerprint density at radius 2 is 1.88 bits per heavy atom. The standard InChI is InChI=1S/C16H18F3N3O4/c1-26-14(24)12-6-10-4-2-3-5-11(10)7-22(12)8-13(23)21-15(25)20-9-16(17,18)19/h2-5,12H,6-9H2,1H3,(H2,20,21,23,25)/p+1/t12-/m0/s1. The van der Waals surface area contributed by atoms with Gasteiger partial charge in [-0.2, -0.15) is 13.2 Å². The number of carbonyl (C=O) groups is 3. The highest BCUT2D eigenvalue weighted by molar-refractivity contribution is 5.94. The van der Waals surface area contributed by atoms with Crippen molar-refractivity contribution in [2.24, 2.45) is 0 Å². The zero-order valence-corrected chi connectivity index (χ0v) is 14.0. The van der Waals surface area contributed by atoms with Gasteiger partial charge in [-0.05, 0) is 5.56 Å². The van der Waals surface area contributed by atoms with E-state index >= 15 is 0 Å². The summed E-state index contributed by atoms with van der Waals surface area (Å²) in [5.74, 6) is -1.28. The van der Waals surface area contributed by atoms with Gasteiger partial charge in [0, 0.05) is 12.0 Å². The quantitative estimate of drug-likeness (QED) is 0.624. The third-order valence-electron chi connectivity index (χ3n) is 4.03. The molecule has 0 spiro atoms. The molecule has 3 N–H and O–H groups in total. The number of hydrogen-bond donors (Lipinski definition) is 3. The fourth-order valence-electron chi connectivity index (χ4n) is 2.84. The lowest BCUT2D eigenvalue weighted by molar-refractivity contribution is -0.924. The Bertz CT molecular complexity index is 694. The molecular formula is C16H19F3N3O4+. The molecule has 142 valence electrons. The number of methoxy groups -OCH3 is 1. The van der Waals surface area contributed by atoms with Crippen molar-refractivity contribution in [3.8, 4) is 0 Å². The Morgan fingerprint density at radius 1 is 1.23 bits per heavy atom.